The number of rotatable bonds is 7. The molecule has 0 nitrogen and oxygen atoms in total. The minimum Gasteiger partial charge on any atom is -0.0891 e. The van der Waals surface area contributed by atoms with Gasteiger partial charge in [-0.15, -0.1) is 0 Å². The molecule has 0 spiro atoms. The van der Waals surface area contributed by atoms with Crippen LogP contribution in [-0.2, 0) is 0 Å². The fraction of sp³-hybridized carbons (Fsp3) is 1.00. The quantitative estimate of drug-likeness (QED) is 0.302. The van der Waals surface area contributed by atoms with Gasteiger partial charge in [-0.3, -0.25) is 0 Å². The third-order valence-corrected chi connectivity index (χ3v) is 4.77. The monoisotopic (exact) mass is 288 g/mol. The highest BCUT2D eigenvalue weighted by Gasteiger charge is 2.17. The van der Waals surface area contributed by atoms with Crippen LogP contribution in [0.1, 0.15) is 84.0 Å². The lowest BCUT2D eigenvalue weighted by atomic mass is 9.93. The van der Waals surface area contributed by atoms with Crippen LogP contribution >= 0.6 is 15.9 Å². The van der Waals surface area contributed by atoms with Gasteiger partial charge in [0.2, 0.25) is 0 Å². The van der Waals surface area contributed by atoms with E-state index in [0.717, 1.165) is 10.7 Å². The molecule has 2 atom stereocenters. The molecule has 2 unspecified atom stereocenters. The van der Waals surface area contributed by atoms with Crippen LogP contribution in [0.2, 0.25) is 0 Å². The Hall–Kier alpha value is 0.480. The maximum atomic E-state index is 3.82. The maximum Gasteiger partial charge on any atom is 0.0148 e. The Morgan fingerprint density at radius 3 is 2.44 bits per heavy atom. The van der Waals surface area contributed by atoms with Crippen molar-refractivity contribution in [2.75, 3.05) is 0 Å². The van der Waals surface area contributed by atoms with Gasteiger partial charge >= 0.3 is 0 Å². The number of hydrogen-bond donors (Lipinski definition) is 0. The average Bonchev–Trinajstić information content (AvgIpc) is 2.48. The molecule has 0 aliphatic heterocycles. The van der Waals surface area contributed by atoms with Crippen molar-refractivity contribution in [1.29, 1.82) is 0 Å². The molecule has 0 radical (unpaired) electrons. The summed E-state index contributed by atoms with van der Waals surface area (Å²) in [5.74, 6) is 1.03. The van der Waals surface area contributed by atoms with Crippen molar-refractivity contribution in [3.63, 3.8) is 0 Å². The van der Waals surface area contributed by atoms with E-state index >= 15 is 0 Å². The van der Waals surface area contributed by atoms with Gasteiger partial charge in [-0.1, -0.05) is 87.1 Å². The van der Waals surface area contributed by atoms with Crippen LogP contribution in [0.15, 0.2) is 0 Å². The summed E-state index contributed by atoms with van der Waals surface area (Å²) in [7, 11) is 0. The van der Waals surface area contributed by atoms with Crippen LogP contribution in [-0.4, -0.2) is 4.83 Å². The third-order valence-electron chi connectivity index (χ3n) is 3.93. The van der Waals surface area contributed by atoms with Gasteiger partial charge in [0.25, 0.3) is 0 Å². The maximum absolute atomic E-state index is 3.82. The van der Waals surface area contributed by atoms with E-state index in [-0.39, 0.29) is 0 Å². The highest BCUT2D eigenvalue weighted by atomic mass is 79.9. The van der Waals surface area contributed by atoms with E-state index in [2.05, 4.69) is 22.9 Å². The van der Waals surface area contributed by atoms with Gasteiger partial charge in [0, 0.05) is 4.83 Å². The first-order valence-electron chi connectivity index (χ1n) is 7.47. The second-order valence-corrected chi connectivity index (χ2v) is 6.83. The predicted molar refractivity (Wildman–Crippen MR) is 77.3 cm³/mol. The topological polar surface area (TPSA) is 0 Å². The van der Waals surface area contributed by atoms with E-state index in [0.29, 0.717) is 0 Å². The van der Waals surface area contributed by atoms with Crippen molar-refractivity contribution in [1.82, 2.24) is 0 Å². The minimum atomic E-state index is 0.820. The normalized spacial score (nSPS) is 26.6. The summed E-state index contributed by atoms with van der Waals surface area (Å²) in [4.78, 5) is 0.820. The molecule has 1 rings (SSSR count). The van der Waals surface area contributed by atoms with Crippen molar-refractivity contribution in [2.24, 2.45) is 5.92 Å². The van der Waals surface area contributed by atoms with Crippen molar-refractivity contribution in [3.05, 3.63) is 0 Å². The molecular weight excluding hydrogens is 260 g/mol. The van der Waals surface area contributed by atoms with E-state index in [9.17, 15) is 0 Å². The molecule has 1 aliphatic carbocycles. The van der Waals surface area contributed by atoms with E-state index in [1.165, 1.54) is 77.0 Å². The molecule has 0 aromatic rings. The Morgan fingerprint density at radius 1 is 0.938 bits per heavy atom. The molecule has 0 aromatic carbocycles. The summed E-state index contributed by atoms with van der Waals surface area (Å²) < 4.78 is 0. The molecule has 0 N–H and O–H groups in total. The SMILES string of the molecule is CCCCCCCCC1CCCCC(Br)C1. The summed E-state index contributed by atoms with van der Waals surface area (Å²) in [6, 6.07) is 0. The van der Waals surface area contributed by atoms with Crippen LogP contribution < -0.4 is 0 Å². The Labute approximate surface area is 111 Å². The van der Waals surface area contributed by atoms with Gasteiger partial charge in [0.15, 0.2) is 0 Å². The minimum absolute atomic E-state index is 0.820. The van der Waals surface area contributed by atoms with Crippen molar-refractivity contribution < 1.29 is 0 Å². The molecule has 1 saturated carbocycles. The van der Waals surface area contributed by atoms with Crippen LogP contribution in [0.3, 0.4) is 0 Å². The van der Waals surface area contributed by atoms with Gasteiger partial charge in [-0.2, -0.15) is 0 Å². The lowest BCUT2D eigenvalue weighted by molar-refractivity contribution is 0.409. The Bertz CT molecular complexity index is 156. The second-order valence-electron chi connectivity index (χ2n) is 5.54. The summed E-state index contributed by atoms with van der Waals surface area (Å²) >= 11 is 3.82. The fourth-order valence-electron chi connectivity index (χ4n) is 2.87. The van der Waals surface area contributed by atoms with Gasteiger partial charge in [-0.25, -0.2) is 0 Å². The van der Waals surface area contributed by atoms with Crippen LogP contribution in [0.5, 0.6) is 0 Å². The van der Waals surface area contributed by atoms with Gasteiger partial charge in [-0.05, 0) is 18.8 Å². The predicted octanol–water partition coefficient (Wildman–Crippen LogP) is 6.08. The van der Waals surface area contributed by atoms with E-state index in [1.807, 2.05) is 0 Å². The van der Waals surface area contributed by atoms with Gasteiger partial charge < -0.3 is 0 Å². The summed E-state index contributed by atoms with van der Waals surface area (Å²) in [6.07, 6.45) is 17.5. The zero-order valence-corrected chi connectivity index (χ0v) is 12.6. The van der Waals surface area contributed by atoms with Gasteiger partial charge in [0.1, 0.15) is 0 Å². The Balaban J connectivity index is 1.98. The molecule has 0 heterocycles. The van der Waals surface area contributed by atoms with Crippen molar-refractivity contribution >= 4 is 15.9 Å². The molecule has 96 valence electrons. The largest absolute Gasteiger partial charge is 0.0891 e. The highest BCUT2D eigenvalue weighted by molar-refractivity contribution is 9.09. The average molecular weight is 289 g/mol. The first-order chi connectivity index (χ1) is 7.83. The Morgan fingerprint density at radius 2 is 1.62 bits per heavy atom. The second kappa shape index (κ2) is 9.50. The molecule has 0 bridgehead atoms. The first kappa shape index (κ1) is 14.5. The number of hydrogen-bond acceptors (Lipinski definition) is 0. The molecular formula is C15H29Br. The standard InChI is InChI=1S/C15H29Br/c1-2-3-4-5-6-7-10-14-11-8-9-12-15(16)13-14/h14-15H,2-13H2,1H3. The zero-order valence-electron chi connectivity index (χ0n) is 11.0. The third kappa shape index (κ3) is 6.93. The van der Waals surface area contributed by atoms with Crippen molar-refractivity contribution in [2.45, 2.75) is 88.8 Å². The molecule has 1 fully saturated rings. The van der Waals surface area contributed by atoms with Gasteiger partial charge in [0.05, 0.1) is 0 Å². The van der Waals surface area contributed by atoms with E-state index in [1.54, 1.807) is 0 Å². The highest BCUT2D eigenvalue weighted by Crippen LogP contribution is 2.31. The van der Waals surface area contributed by atoms with Crippen LogP contribution in [0.4, 0.5) is 0 Å². The fourth-order valence-corrected chi connectivity index (χ4v) is 3.72. The lowest BCUT2D eigenvalue weighted by Crippen LogP contribution is -2.05. The summed E-state index contributed by atoms with van der Waals surface area (Å²) in [5.41, 5.74) is 0. The molecule has 0 aromatic heterocycles. The van der Waals surface area contributed by atoms with E-state index in [4.69, 9.17) is 0 Å². The van der Waals surface area contributed by atoms with Crippen LogP contribution in [0.25, 0.3) is 0 Å². The summed E-state index contributed by atoms with van der Waals surface area (Å²) in [5, 5.41) is 0. The molecule has 1 heteroatoms. The molecule has 1 aliphatic rings. The van der Waals surface area contributed by atoms with Crippen molar-refractivity contribution in [3.8, 4) is 0 Å². The first-order valence-corrected chi connectivity index (χ1v) is 8.38. The number of unbranched alkanes of at least 4 members (excludes halogenated alkanes) is 5. The molecule has 16 heavy (non-hydrogen) atoms. The number of halogens is 1. The molecule has 0 saturated heterocycles. The zero-order chi connectivity index (χ0) is 11.6. The lowest BCUT2D eigenvalue weighted by Gasteiger charge is -2.15. The smallest absolute Gasteiger partial charge is 0.0148 e. The van der Waals surface area contributed by atoms with Crippen LogP contribution in [0, 0.1) is 5.92 Å². The van der Waals surface area contributed by atoms with E-state index < -0.39 is 0 Å². The summed E-state index contributed by atoms with van der Waals surface area (Å²) in [6.45, 7) is 2.29. The Kier molecular flexibility index (Phi) is 8.64. The number of alkyl halides is 1. The molecule has 0 amide bonds.